The molecular formula is C21H27N3O2. The van der Waals surface area contributed by atoms with E-state index >= 15 is 0 Å². The number of carbonyl (C=O) groups is 1. The number of nitrogens with zero attached hydrogens (tertiary/aromatic N) is 1. The lowest BCUT2D eigenvalue weighted by atomic mass is 9.79. The van der Waals surface area contributed by atoms with Gasteiger partial charge in [-0.1, -0.05) is 25.1 Å². The number of hydrogen-bond donors (Lipinski definition) is 3. The second kappa shape index (κ2) is 6.89. The Kier molecular flexibility index (Phi) is 4.59. The number of aromatic nitrogens is 1. The molecule has 0 radical (unpaired) electrons. The number of aliphatic hydroxyl groups is 1. The van der Waals surface area contributed by atoms with Crippen molar-refractivity contribution in [3.63, 3.8) is 0 Å². The van der Waals surface area contributed by atoms with Gasteiger partial charge >= 0.3 is 0 Å². The zero-order valence-electron chi connectivity index (χ0n) is 15.5. The maximum atomic E-state index is 12.8. The van der Waals surface area contributed by atoms with Gasteiger partial charge in [-0.15, -0.1) is 0 Å². The van der Waals surface area contributed by atoms with Crippen LogP contribution in [0.3, 0.4) is 0 Å². The molecule has 0 saturated heterocycles. The van der Waals surface area contributed by atoms with Crippen molar-refractivity contribution in [1.82, 2.24) is 15.2 Å². The van der Waals surface area contributed by atoms with Crippen molar-refractivity contribution < 1.29 is 9.90 Å². The molecule has 1 unspecified atom stereocenters. The topological polar surface area (TPSA) is 68.4 Å². The SMILES string of the molecule is CC[C@@H](C)NC(=O)[C@@H]1C=C2c3cccc4[nH]cc(c34)CC2N(CCO)C1. The van der Waals surface area contributed by atoms with Crippen LogP contribution in [-0.4, -0.2) is 52.7 Å². The number of carbonyl (C=O) groups excluding carboxylic acids is 1. The Morgan fingerprint density at radius 3 is 3.08 bits per heavy atom. The van der Waals surface area contributed by atoms with E-state index in [2.05, 4.69) is 52.6 Å². The molecule has 0 spiro atoms. The van der Waals surface area contributed by atoms with Crippen LogP contribution in [0.5, 0.6) is 0 Å². The van der Waals surface area contributed by atoms with Crippen molar-refractivity contribution in [2.75, 3.05) is 19.7 Å². The number of benzene rings is 1. The Balaban J connectivity index is 1.75. The minimum absolute atomic E-state index is 0.0836. The normalized spacial score (nSPS) is 23.4. The fraction of sp³-hybridized carbons (Fsp3) is 0.476. The lowest BCUT2D eigenvalue weighted by Crippen LogP contribution is -2.50. The number of nitrogens with one attached hydrogen (secondary N) is 2. The number of H-pyrrole nitrogens is 1. The molecule has 0 fully saturated rings. The summed E-state index contributed by atoms with van der Waals surface area (Å²) in [5, 5.41) is 14.0. The van der Waals surface area contributed by atoms with Crippen LogP contribution in [0.4, 0.5) is 0 Å². The number of fused-ring (bicyclic) bond motifs is 2. The second-order valence-corrected chi connectivity index (χ2v) is 7.53. The van der Waals surface area contributed by atoms with Gasteiger partial charge in [-0.05, 0) is 42.5 Å². The fourth-order valence-electron chi connectivity index (χ4n) is 4.32. The maximum Gasteiger partial charge on any atom is 0.228 e. The van der Waals surface area contributed by atoms with Crippen LogP contribution in [0.15, 0.2) is 30.5 Å². The first-order chi connectivity index (χ1) is 12.6. The molecule has 1 amide bonds. The first kappa shape index (κ1) is 17.3. The van der Waals surface area contributed by atoms with Crippen LogP contribution in [0.2, 0.25) is 0 Å². The molecular weight excluding hydrogens is 326 g/mol. The first-order valence-electron chi connectivity index (χ1n) is 9.58. The lowest BCUT2D eigenvalue weighted by Gasteiger charge is -2.41. The maximum absolute atomic E-state index is 12.8. The first-order valence-corrected chi connectivity index (χ1v) is 9.58. The molecule has 1 aliphatic carbocycles. The number of hydrogen-bond acceptors (Lipinski definition) is 3. The molecule has 5 nitrogen and oxygen atoms in total. The van der Waals surface area contributed by atoms with Crippen molar-refractivity contribution in [3.05, 3.63) is 41.6 Å². The predicted octanol–water partition coefficient (Wildman–Crippen LogP) is 2.31. The molecule has 1 aromatic carbocycles. The molecule has 2 aromatic rings. The van der Waals surface area contributed by atoms with Gasteiger partial charge in [-0.25, -0.2) is 0 Å². The summed E-state index contributed by atoms with van der Waals surface area (Å²) in [4.78, 5) is 18.4. The summed E-state index contributed by atoms with van der Waals surface area (Å²) in [6, 6.07) is 6.73. The summed E-state index contributed by atoms with van der Waals surface area (Å²) >= 11 is 0. The average molecular weight is 353 g/mol. The molecule has 0 bridgehead atoms. The average Bonchev–Trinajstić information content (AvgIpc) is 3.06. The molecule has 3 atom stereocenters. The molecule has 0 saturated carbocycles. The molecule has 4 rings (SSSR count). The third-order valence-electron chi connectivity index (χ3n) is 5.85. The highest BCUT2D eigenvalue weighted by Crippen LogP contribution is 2.41. The standard InChI is InChI=1S/C21H27N3O2/c1-3-13(2)23-21(26)15-9-17-16-5-4-6-18-20(16)14(11-22-18)10-19(17)24(12-15)7-8-25/h4-6,9,11,13,15,19,22,25H,3,7-8,10,12H2,1-2H3,(H,23,26)/t13-,15-,19?/m1/s1. The summed E-state index contributed by atoms with van der Waals surface area (Å²) in [7, 11) is 0. The summed E-state index contributed by atoms with van der Waals surface area (Å²) in [5.41, 5.74) is 4.92. The highest BCUT2D eigenvalue weighted by Gasteiger charge is 2.37. The number of β-amino-alcohol motifs (C(OH)–C–C–N with tert-alkyl or cyclic N) is 1. The van der Waals surface area contributed by atoms with Gasteiger partial charge in [0.05, 0.1) is 12.5 Å². The number of amides is 1. The highest BCUT2D eigenvalue weighted by molar-refractivity contribution is 5.99. The number of aromatic amines is 1. The Hall–Kier alpha value is -2.11. The Bertz CT molecular complexity index is 854. The molecule has 138 valence electrons. The third-order valence-corrected chi connectivity index (χ3v) is 5.85. The quantitative estimate of drug-likeness (QED) is 0.773. The summed E-state index contributed by atoms with van der Waals surface area (Å²) < 4.78 is 0. The minimum Gasteiger partial charge on any atom is -0.395 e. The zero-order chi connectivity index (χ0) is 18.3. The fourth-order valence-corrected chi connectivity index (χ4v) is 4.32. The monoisotopic (exact) mass is 353 g/mol. The summed E-state index contributed by atoms with van der Waals surface area (Å²) in [6.07, 6.45) is 6.11. The van der Waals surface area contributed by atoms with Crippen LogP contribution in [0.1, 0.15) is 31.4 Å². The Morgan fingerprint density at radius 1 is 1.46 bits per heavy atom. The molecule has 3 N–H and O–H groups in total. The predicted molar refractivity (Wildman–Crippen MR) is 104 cm³/mol. The summed E-state index contributed by atoms with van der Waals surface area (Å²) in [6.45, 7) is 5.47. The van der Waals surface area contributed by atoms with E-state index in [-0.39, 0.29) is 30.5 Å². The minimum atomic E-state index is -0.183. The largest absolute Gasteiger partial charge is 0.395 e. The van der Waals surface area contributed by atoms with Crippen molar-refractivity contribution >= 4 is 22.4 Å². The van der Waals surface area contributed by atoms with E-state index in [0.29, 0.717) is 13.1 Å². The molecule has 26 heavy (non-hydrogen) atoms. The van der Waals surface area contributed by atoms with Gasteiger partial charge in [-0.3, -0.25) is 9.69 Å². The number of aliphatic hydroxyl groups excluding tert-OH is 1. The van der Waals surface area contributed by atoms with Gasteiger partial charge in [0.1, 0.15) is 0 Å². The van der Waals surface area contributed by atoms with E-state index in [1.807, 2.05) is 6.92 Å². The van der Waals surface area contributed by atoms with E-state index in [1.54, 1.807) is 0 Å². The highest BCUT2D eigenvalue weighted by atomic mass is 16.3. The number of rotatable bonds is 5. The zero-order valence-corrected chi connectivity index (χ0v) is 15.5. The van der Waals surface area contributed by atoms with E-state index < -0.39 is 0 Å². The Morgan fingerprint density at radius 2 is 2.31 bits per heavy atom. The van der Waals surface area contributed by atoms with Crippen LogP contribution >= 0.6 is 0 Å². The molecule has 5 heteroatoms. The molecule has 2 aliphatic rings. The van der Waals surface area contributed by atoms with Crippen molar-refractivity contribution in [2.45, 2.75) is 38.8 Å². The van der Waals surface area contributed by atoms with Gasteiger partial charge in [0, 0.05) is 42.3 Å². The van der Waals surface area contributed by atoms with E-state index in [4.69, 9.17) is 0 Å². The van der Waals surface area contributed by atoms with Crippen LogP contribution < -0.4 is 5.32 Å². The van der Waals surface area contributed by atoms with Crippen LogP contribution in [-0.2, 0) is 11.2 Å². The van der Waals surface area contributed by atoms with Gasteiger partial charge in [0.25, 0.3) is 0 Å². The second-order valence-electron chi connectivity index (χ2n) is 7.53. The lowest BCUT2D eigenvalue weighted by molar-refractivity contribution is -0.125. The van der Waals surface area contributed by atoms with Crippen LogP contribution in [0.25, 0.3) is 16.5 Å². The van der Waals surface area contributed by atoms with Crippen molar-refractivity contribution in [1.29, 1.82) is 0 Å². The smallest absolute Gasteiger partial charge is 0.228 e. The van der Waals surface area contributed by atoms with Crippen molar-refractivity contribution in [2.24, 2.45) is 5.92 Å². The van der Waals surface area contributed by atoms with E-state index in [0.717, 1.165) is 18.4 Å². The third kappa shape index (κ3) is 2.85. The van der Waals surface area contributed by atoms with E-state index in [9.17, 15) is 9.90 Å². The van der Waals surface area contributed by atoms with Crippen molar-refractivity contribution in [3.8, 4) is 0 Å². The Labute approximate surface area is 154 Å². The van der Waals surface area contributed by atoms with Crippen LogP contribution in [0, 0.1) is 5.92 Å². The molecule has 2 heterocycles. The van der Waals surface area contributed by atoms with Gasteiger partial charge in [0.15, 0.2) is 0 Å². The van der Waals surface area contributed by atoms with Gasteiger partial charge < -0.3 is 15.4 Å². The van der Waals surface area contributed by atoms with Gasteiger partial charge in [-0.2, -0.15) is 0 Å². The summed E-state index contributed by atoms with van der Waals surface area (Å²) in [5.74, 6) is -0.0992. The molecule has 1 aromatic heterocycles. The van der Waals surface area contributed by atoms with E-state index in [1.165, 1.54) is 22.1 Å². The molecule has 1 aliphatic heterocycles. The van der Waals surface area contributed by atoms with Gasteiger partial charge in [0.2, 0.25) is 5.91 Å².